The summed E-state index contributed by atoms with van der Waals surface area (Å²) < 4.78 is 48.2. The summed E-state index contributed by atoms with van der Waals surface area (Å²) in [5, 5.41) is 16.7. The normalized spacial score (nSPS) is 13.7. The van der Waals surface area contributed by atoms with Crippen molar-refractivity contribution < 1.29 is 37.3 Å². The van der Waals surface area contributed by atoms with Gasteiger partial charge < -0.3 is 24.6 Å². The van der Waals surface area contributed by atoms with Crippen LogP contribution in [0.4, 0.5) is 5.69 Å². The van der Waals surface area contributed by atoms with E-state index in [4.69, 9.17) is 14.2 Å². The van der Waals surface area contributed by atoms with Gasteiger partial charge in [0.25, 0.3) is 5.91 Å². The molecule has 2 heterocycles. The third kappa shape index (κ3) is 7.49. The number of aromatic nitrogens is 2. The molecule has 1 amide bonds. The number of hydrogen-bond acceptors (Lipinski definition) is 9. The molecule has 0 radical (unpaired) electrons. The summed E-state index contributed by atoms with van der Waals surface area (Å²) in [4.78, 5) is 26.8. The number of nitrogens with one attached hydrogen (secondary N) is 2. The minimum Gasteiger partial charge on any atom is -0.497 e. The van der Waals surface area contributed by atoms with Crippen molar-refractivity contribution in [2.45, 2.75) is 11.8 Å². The topological polar surface area (TPSA) is 161 Å². The SMILES string of the molecule is COc1cccc(C(=O)Nc2ccc(Oc3c(C)c(C(=O)O)nn3-c3ccccc3)c(S(=O)(=O)NCCN3CCOCC3)c2)c1. The van der Waals surface area contributed by atoms with Crippen molar-refractivity contribution in [1.82, 2.24) is 19.4 Å². The third-order valence-corrected chi connectivity index (χ3v) is 8.61. The van der Waals surface area contributed by atoms with Gasteiger partial charge in [-0.15, -0.1) is 0 Å². The molecule has 3 N–H and O–H groups in total. The van der Waals surface area contributed by atoms with Crippen molar-refractivity contribution in [2.75, 3.05) is 51.8 Å². The number of hydrogen-bond donors (Lipinski definition) is 3. The first-order valence-electron chi connectivity index (χ1n) is 14.1. The summed E-state index contributed by atoms with van der Waals surface area (Å²) in [5.74, 6) is -1.32. The summed E-state index contributed by atoms with van der Waals surface area (Å²) in [6, 6.07) is 19.5. The number of amides is 1. The van der Waals surface area contributed by atoms with E-state index < -0.39 is 21.9 Å². The van der Waals surface area contributed by atoms with E-state index in [-0.39, 0.29) is 40.0 Å². The Morgan fingerprint density at radius 3 is 2.49 bits per heavy atom. The number of morpholine rings is 1. The fourth-order valence-corrected chi connectivity index (χ4v) is 5.91. The van der Waals surface area contributed by atoms with E-state index in [9.17, 15) is 23.1 Å². The van der Waals surface area contributed by atoms with Gasteiger partial charge in [0.1, 0.15) is 16.4 Å². The summed E-state index contributed by atoms with van der Waals surface area (Å²) in [6.45, 7) is 4.65. The molecule has 0 unspecified atom stereocenters. The van der Waals surface area contributed by atoms with Gasteiger partial charge >= 0.3 is 5.97 Å². The molecule has 1 aliphatic heterocycles. The van der Waals surface area contributed by atoms with Crippen LogP contribution in [0.15, 0.2) is 77.7 Å². The number of carbonyl (C=O) groups is 2. The number of nitrogens with zero attached hydrogens (tertiary/aromatic N) is 3. The monoisotopic (exact) mass is 635 g/mol. The lowest BCUT2D eigenvalue weighted by Gasteiger charge is -2.26. The lowest BCUT2D eigenvalue weighted by atomic mass is 10.2. The lowest BCUT2D eigenvalue weighted by molar-refractivity contribution is 0.0390. The van der Waals surface area contributed by atoms with E-state index in [1.807, 2.05) is 0 Å². The van der Waals surface area contributed by atoms with E-state index in [1.165, 1.54) is 36.9 Å². The Morgan fingerprint density at radius 1 is 1.02 bits per heavy atom. The first-order valence-corrected chi connectivity index (χ1v) is 15.6. The summed E-state index contributed by atoms with van der Waals surface area (Å²) in [6.07, 6.45) is 0. The number of carbonyl (C=O) groups excluding carboxylic acids is 1. The Hall–Kier alpha value is -4.76. The summed E-state index contributed by atoms with van der Waals surface area (Å²) in [7, 11) is -2.71. The van der Waals surface area contributed by atoms with E-state index >= 15 is 0 Å². The fraction of sp³-hybridized carbons (Fsp3) is 0.258. The number of aromatic carboxylic acids is 1. The van der Waals surface area contributed by atoms with E-state index in [0.717, 1.165) is 0 Å². The van der Waals surface area contributed by atoms with Crippen LogP contribution in [0.3, 0.4) is 0 Å². The first kappa shape index (κ1) is 31.7. The number of anilines is 1. The quantitative estimate of drug-likeness (QED) is 0.210. The lowest BCUT2D eigenvalue weighted by Crippen LogP contribution is -2.41. The number of carboxylic acid groups (broad SMARTS) is 1. The van der Waals surface area contributed by atoms with Crippen LogP contribution in [0, 0.1) is 6.92 Å². The average molecular weight is 636 g/mol. The van der Waals surface area contributed by atoms with Gasteiger partial charge in [0.2, 0.25) is 15.9 Å². The zero-order valence-electron chi connectivity index (χ0n) is 24.7. The van der Waals surface area contributed by atoms with E-state index in [0.29, 0.717) is 49.8 Å². The second kappa shape index (κ2) is 13.9. The summed E-state index contributed by atoms with van der Waals surface area (Å²) >= 11 is 0. The molecule has 0 bridgehead atoms. The Labute approximate surface area is 260 Å². The molecule has 3 aromatic carbocycles. The molecule has 1 fully saturated rings. The maximum absolute atomic E-state index is 13.7. The van der Waals surface area contributed by atoms with Gasteiger partial charge in [-0.05, 0) is 55.5 Å². The molecule has 14 heteroatoms. The predicted molar refractivity (Wildman–Crippen MR) is 165 cm³/mol. The molecule has 236 valence electrons. The van der Waals surface area contributed by atoms with Gasteiger partial charge in [-0.25, -0.2) is 17.9 Å². The number of methoxy groups -OCH3 is 1. The van der Waals surface area contributed by atoms with Crippen LogP contribution < -0.4 is 19.5 Å². The number of para-hydroxylation sites is 1. The standard InChI is InChI=1S/C31H33N5O8S/c1-21-28(31(38)39)34-36(24-8-4-3-5-9-24)30(21)44-26-12-11-23(33-29(37)22-7-6-10-25(19-22)42-2)20-27(26)45(40,41)32-13-14-35-15-17-43-18-16-35/h3-12,19-20,32H,13-18H2,1-2H3,(H,33,37)(H,38,39). The number of benzene rings is 3. The van der Waals surface area contributed by atoms with Crippen LogP contribution in [-0.2, 0) is 14.8 Å². The average Bonchev–Trinajstić information content (AvgIpc) is 3.38. The first-order chi connectivity index (χ1) is 21.7. The highest BCUT2D eigenvalue weighted by Crippen LogP contribution is 2.35. The summed E-state index contributed by atoms with van der Waals surface area (Å²) in [5.41, 5.74) is 0.974. The van der Waals surface area contributed by atoms with E-state index in [1.54, 1.807) is 54.6 Å². The second-order valence-corrected chi connectivity index (χ2v) is 11.9. The van der Waals surface area contributed by atoms with Crippen LogP contribution in [0.2, 0.25) is 0 Å². The minimum absolute atomic E-state index is 0.0246. The van der Waals surface area contributed by atoms with E-state index in [2.05, 4.69) is 20.0 Å². The molecule has 0 spiro atoms. The smallest absolute Gasteiger partial charge is 0.356 e. The molecular formula is C31H33N5O8S. The molecule has 45 heavy (non-hydrogen) atoms. The highest BCUT2D eigenvalue weighted by Gasteiger charge is 2.27. The van der Waals surface area contributed by atoms with Gasteiger partial charge in [-0.3, -0.25) is 9.69 Å². The highest BCUT2D eigenvalue weighted by molar-refractivity contribution is 7.89. The van der Waals surface area contributed by atoms with Crippen molar-refractivity contribution in [3.8, 4) is 23.1 Å². The van der Waals surface area contributed by atoms with Crippen LogP contribution in [-0.4, -0.2) is 86.6 Å². The maximum atomic E-state index is 13.7. The van der Waals surface area contributed by atoms with Crippen LogP contribution in [0.1, 0.15) is 26.4 Å². The third-order valence-electron chi connectivity index (χ3n) is 7.13. The Balaban J connectivity index is 1.50. The van der Waals surface area contributed by atoms with Crippen LogP contribution in [0.5, 0.6) is 17.4 Å². The minimum atomic E-state index is -4.20. The van der Waals surface area contributed by atoms with Crippen molar-refractivity contribution >= 4 is 27.6 Å². The van der Waals surface area contributed by atoms with Crippen LogP contribution in [0.25, 0.3) is 5.69 Å². The van der Waals surface area contributed by atoms with Crippen molar-refractivity contribution in [1.29, 1.82) is 0 Å². The predicted octanol–water partition coefficient (Wildman–Crippen LogP) is 3.54. The molecule has 4 aromatic rings. The fourth-order valence-electron chi connectivity index (χ4n) is 4.74. The van der Waals surface area contributed by atoms with Crippen LogP contribution >= 0.6 is 0 Å². The second-order valence-electron chi connectivity index (χ2n) is 10.1. The molecule has 1 aromatic heterocycles. The highest BCUT2D eigenvalue weighted by atomic mass is 32.2. The number of ether oxygens (including phenoxy) is 3. The molecule has 0 atom stereocenters. The van der Waals surface area contributed by atoms with Gasteiger partial charge in [-0.1, -0.05) is 24.3 Å². The van der Waals surface area contributed by atoms with Gasteiger partial charge in [-0.2, -0.15) is 9.78 Å². The van der Waals surface area contributed by atoms with Gasteiger partial charge in [0.05, 0.1) is 26.0 Å². The number of carboxylic acids is 1. The molecule has 5 rings (SSSR count). The molecule has 0 saturated carbocycles. The number of rotatable bonds is 12. The van der Waals surface area contributed by atoms with Crippen molar-refractivity contribution in [3.63, 3.8) is 0 Å². The molecule has 0 aliphatic carbocycles. The maximum Gasteiger partial charge on any atom is 0.356 e. The zero-order chi connectivity index (χ0) is 32.0. The zero-order valence-corrected chi connectivity index (χ0v) is 25.5. The molecule has 13 nitrogen and oxygen atoms in total. The molecule has 1 aliphatic rings. The molecular weight excluding hydrogens is 602 g/mol. The Bertz CT molecular complexity index is 1790. The van der Waals surface area contributed by atoms with Gasteiger partial charge in [0.15, 0.2) is 5.69 Å². The largest absolute Gasteiger partial charge is 0.497 e. The van der Waals surface area contributed by atoms with Crippen molar-refractivity contribution in [2.24, 2.45) is 0 Å². The number of sulfonamides is 1. The molecule has 1 saturated heterocycles. The van der Waals surface area contributed by atoms with Gasteiger partial charge in [0, 0.05) is 43.0 Å². The Morgan fingerprint density at radius 2 is 1.78 bits per heavy atom. The van der Waals surface area contributed by atoms with Crippen molar-refractivity contribution in [3.05, 3.63) is 89.6 Å². The Kier molecular flexibility index (Phi) is 9.78.